The van der Waals surface area contributed by atoms with Gasteiger partial charge in [0.05, 0.1) is 13.7 Å². The van der Waals surface area contributed by atoms with E-state index < -0.39 is 0 Å². The molecule has 1 aromatic rings. The average Bonchev–Trinajstić information content (AvgIpc) is 2.36. The molecule has 1 aromatic carbocycles. The van der Waals surface area contributed by atoms with Crippen LogP contribution in [0.15, 0.2) is 24.3 Å². The van der Waals surface area contributed by atoms with E-state index in [2.05, 4.69) is 5.32 Å². The van der Waals surface area contributed by atoms with Crippen molar-refractivity contribution < 1.29 is 14.3 Å². The molecule has 0 aliphatic heterocycles. The van der Waals surface area contributed by atoms with Gasteiger partial charge in [-0.2, -0.15) is 0 Å². The molecule has 1 amide bonds. The summed E-state index contributed by atoms with van der Waals surface area (Å²) in [5.74, 6) is 1.81. The third kappa shape index (κ3) is 5.45. The summed E-state index contributed by atoms with van der Waals surface area (Å²) in [6.45, 7) is 0.905. The van der Waals surface area contributed by atoms with Gasteiger partial charge in [-0.15, -0.1) is 11.6 Å². The van der Waals surface area contributed by atoms with Gasteiger partial charge in [-0.05, 0) is 24.3 Å². The van der Waals surface area contributed by atoms with Crippen LogP contribution in [0.1, 0.15) is 6.42 Å². The van der Waals surface area contributed by atoms with E-state index in [4.69, 9.17) is 21.1 Å². The Morgan fingerprint density at radius 1 is 1.29 bits per heavy atom. The Balaban J connectivity index is 2.19. The van der Waals surface area contributed by atoms with Gasteiger partial charge in [-0.25, -0.2) is 0 Å². The lowest BCUT2D eigenvalue weighted by atomic mass is 10.3. The number of alkyl halides is 1. The van der Waals surface area contributed by atoms with Crippen LogP contribution in [0.2, 0.25) is 0 Å². The molecule has 0 aliphatic carbocycles. The minimum Gasteiger partial charge on any atom is -0.497 e. The molecular weight excluding hydrogens is 242 g/mol. The van der Waals surface area contributed by atoms with E-state index in [-0.39, 0.29) is 5.91 Å². The molecule has 0 heterocycles. The van der Waals surface area contributed by atoms with Gasteiger partial charge in [-0.3, -0.25) is 4.79 Å². The molecule has 0 saturated heterocycles. The first kappa shape index (κ1) is 13.6. The summed E-state index contributed by atoms with van der Waals surface area (Å²) in [6.07, 6.45) is 0.337. The van der Waals surface area contributed by atoms with E-state index in [0.29, 0.717) is 25.5 Å². The van der Waals surface area contributed by atoms with Crippen LogP contribution >= 0.6 is 11.6 Å². The van der Waals surface area contributed by atoms with Crippen molar-refractivity contribution in [3.63, 3.8) is 0 Å². The van der Waals surface area contributed by atoms with Crippen LogP contribution in [0.5, 0.6) is 11.5 Å². The Morgan fingerprint density at radius 3 is 2.53 bits per heavy atom. The quantitative estimate of drug-likeness (QED) is 0.599. The molecule has 17 heavy (non-hydrogen) atoms. The number of benzene rings is 1. The van der Waals surface area contributed by atoms with Crippen molar-refractivity contribution in [2.75, 3.05) is 26.1 Å². The predicted molar refractivity (Wildman–Crippen MR) is 66.8 cm³/mol. The second-order valence-corrected chi connectivity index (χ2v) is 3.69. The van der Waals surface area contributed by atoms with Crippen LogP contribution in [0.25, 0.3) is 0 Å². The predicted octanol–water partition coefficient (Wildman–Crippen LogP) is 1.82. The van der Waals surface area contributed by atoms with Crippen LogP contribution in [0.3, 0.4) is 0 Å². The lowest BCUT2D eigenvalue weighted by Crippen LogP contribution is -2.28. The number of carbonyl (C=O) groups is 1. The first-order chi connectivity index (χ1) is 8.26. The van der Waals surface area contributed by atoms with Gasteiger partial charge in [-0.1, -0.05) is 0 Å². The van der Waals surface area contributed by atoms with E-state index in [1.165, 1.54) is 0 Å². The van der Waals surface area contributed by atoms with Crippen molar-refractivity contribution in [2.24, 2.45) is 0 Å². The number of halogens is 1. The molecule has 0 fully saturated rings. The fraction of sp³-hybridized carbons (Fsp3) is 0.417. The van der Waals surface area contributed by atoms with Gasteiger partial charge in [0.25, 0.3) is 0 Å². The molecule has 0 radical (unpaired) electrons. The van der Waals surface area contributed by atoms with Gasteiger partial charge in [0.2, 0.25) is 5.91 Å². The van der Waals surface area contributed by atoms with E-state index >= 15 is 0 Å². The van der Waals surface area contributed by atoms with Crippen molar-refractivity contribution >= 4 is 17.5 Å². The first-order valence-electron chi connectivity index (χ1n) is 5.36. The third-order valence-electron chi connectivity index (χ3n) is 2.07. The molecule has 0 aliphatic rings. The zero-order valence-electron chi connectivity index (χ0n) is 9.74. The summed E-state index contributed by atoms with van der Waals surface area (Å²) >= 11 is 5.43. The van der Waals surface area contributed by atoms with Crippen molar-refractivity contribution in [3.8, 4) is 11.5 Å². The highest BCUT2D eigenvalue weighted by molar-refractivity contribution is 6.18. The summed E-state index contributed by atoms with van der Waals surface area (Å²) in [6, 6.07) is 7.28. The SMILES string of the molecule is COc1ccc(OCCNC(=O)CCCl)cc1. The highest BCUT2D eigenvalue weighted by Crippen LogP contribution is 2.16. The molecular formula is C12H16ClNO3. The van der Waals surface area contributed by atoms with Crippen LogP contribution < -0.4 is 14.8 Å². The number of hydrogen-bond donors (Lipinski definition) is 1. The van der Waals surface area contributed by atoms with Gasteiger partial charge in [0, 0.05) is 12.3 Å². The van der Waals surface area contributed by atoms with Crippen molar-refractivity contribution in [3.05, 3.63) is 24.3 Å². The summed E-state index contributed by atoms with van der Waals surface area (Å²) in [7, 11) is 1.61. The Hall–Kier alpha value is -1.42. The number of rotatable bonds is 7. The van der Waals surface area contributed by atoms with Crippen molar-refractivity contribution in [1.82, 2.24) is 5.32 Å². The molecule has 0 aromatic heterocycles. The molecule has 0 saturated carbocycles. The van der Waals surface area contributed by atoms with Gasteiger partial charge in [0.1, 0.15) is 18.1 Å². The minimum absolute atomic E-state index is 0.0571. The fourth-order valence-electron chi connectivity index (χ4n) is 1.21. The van der Waals surface area contributed by atoms with E-state index in [9.17, 15) is 4.79 Å². The number of ether oxygens (including phenoxy) is 2. The number of carbonyl (C=O) groups excluding carboxylic acids is 1. The van der Waals surface area contributed by atoms with Gasteiger partial charge >= 0.3 is 0 Å². The molecule has 0 atom stereocenters. The summed E-state index contributed by atoms with van der Waals surface area (Å²) in [5.41, 5.74) is 0. The number of nitrogens with one attached hydrogen (secondary N) is 1. The summed E-state index contributed by atoms with van der Waals surface area (Å²) in [5, 5.41) is 2.70. The Labute approximate surface area is 106 Å². The van der Waals surface area contributed by atoms with Crippen molar-refractivity contribution in [1.29, 1.82) is 0 Å². The molecule has 0 spiro atoms. The lowest BCUT2D eigenvalue weighted by molar-refractivity contribution is -0.120. The van der Waals surface area contributed by atoms with Gasteiger partial charge in [0.15, 0.2) is 0 Å². The molecule has 1 N–H and O–H groups in total. The molecule has 0 bridgehead atoms. The zero-order chi connectivity index (χ0) is 12.5. The van der Waals surface area contributed by atoms with Crippen LogP contribution in [0, 0.1) is 0 Å². The molecule has 94 valence electrons. The summed E-state index contributed by atoms with van der Waals surface area (Å²) in [4.78, 5) is 11.1. The smallest absolute Gasteiger partial charge is 0.221 e. The van der Waals surface area contributed by atoms with Crippen LogP contribution in [0.4, 0.5) is 0 Å². The number of hydrogen-bond acceptors (Lipinski definition) is 3. The zero-order valence-corrected chi connectivity index (χ0v) is 10.5. The highest BCUT2D eigenvalue weighted by atomic mass is 35.5. The standard InChI is InChI=1S/C12H16ClNO3/c1-16-10-2-4-11(5-3-10)17-9-8-14-12(15)6-7-13/h2-5H,6-9H2,1H3,(H,14,15). The molecule has 0 unspecified atom stereocenters. The van der Waals surface area contributed by atoms with Gasteiger partial charge < -0.3 is 14.8 Å². The first-order valence-corrected chi connectivity index (χ1v) is 5.89. The lowest BCUT2D eigenvalue weighted by Gasteiger charge is -2.07. The summed E-state index contributed by atoms with van der Waals surface area (Å²) < 4.78 is 10.5. The average molecular weight is 258 g/mol. The second kappa shape index (κ2) is 7.79. The fourth-order valence-corrected chi connectivity index (χ4v) is 1.38. The number of methoxy groups -OCH3 is 1. The monoisotopic (exact) mass is 257 g/mol. The largest absolute Gasteiger partial charge is 0.497 e. The Bertz CT molecular complexity index is 340. The Morgan fingerprint density at radius 2 is 1.94 bits per heavy atom. The molecule has 4 nitrogen and oxygen atoms in total. The highest BCUT2D eigenvalue weighted by Gasteiger charge is 1.99. The molecule has 5 heteroatoms. The van der Waals surface area contributed by atoms with E-state index in [0.717, 1.165) is 11.5 Å². The van der Waals surface area contributed by atoms with Crippen molar-refractivity contribution in [2.45, 2.75) is 6.42 Å². The maximum Gasteiger partial charge on any atom is 0.221 e. The van der Waals surface area contributed by atoms with Crippen LogP contribution in [-0.4, -0.2) is 32.0 Å². The molecule has 1 rings (SSSR count). The topological polar surface area (TPSA) is 47.6 Å². The minimum atomic E-state index is -0.0571. The third-order valence-corrected chi connectivity index (χ3v) is 2.26. The van der Waals surface area contributed by atoms with E-state index in [1.807, 2.05) is 24.3 Å². The second-order valence-electron chi connectivity index (χ2n) is 3.31. The Kier molecular flexibility index (Phi) is 6.25. The van der Waals surface area contributed by atoms with Crippen LogP contribution in [-0.2, 0) is 4.79 Å². The maximum atomic E-state index is 11.1. The number of amides is 1. The normalized spacial score (nSPS) is 9.76. The maximum absolute atomic E-state index is 11.1. The van der Waals surface area contributed by atoms with E-state index in [1.54, 1.807) is 7.11 Å².